The van der Waals surface area contributed by atoms with Gasteiger partial charge in [-0.3, -0.25) is 0 Å². The van der Waals surface area contributed by atoms with Gasteiger partial charge >= 0.3 is 0 Å². The first kappa shape index (κ1) is 13.1. The largest absolute Gasteiger partial charge is 0.308 e. The van der Waals surface area contributed by atoms with Crippen molar-refractivity contribution in [3.8, 4) is 0 Å². The molecule has 0 amide bonds. The van der Waals surface area contributed by atoms with E-state index in [0.717, 1.165) is 23.9 Å². The maximum Gasteiger partial charge on any atom is 0.111 e. The predicted octanol–water partition coefficient (Wildman–Crippen LogP) is 4.38. The van der Waals surface area contributed by atoms with Crippen molar-refractivity contribution in [1.82, 2.24) is 10.3 Å². The van der Waals surface area contributed by atoms with Gasteiger partial charge in [-0.1, -0.05) is 31.9 Å². The third-order valence-corrected chi connectivity index (χ3v) is 5.63. The summed E-state index contributed by atoms with van der Waals surface area (Å²) in [6, 6.07) is 8.76. The molecule has 2 aromatic rings. The van der Waals surface area contributed by atoms with Crippen LogP contribution in [0, 0.1) is 11.8 Å². The highest BCUT2D eigenvalue weighted by molar-refractivity contribution is 7.18. The van der Waals surface area contributed by atoms with Crippen LogP contribution in [0.4, 0.5) is 0 Å². The molecule has 0 aliphatic heterocycles. The number of rotatable bonds is 4. The van der Waals surface area contributed by atoms with Crippen molar-refractivity contribution < 1.29 is 0 Å². The molecule has 3 unspecified atom stereocenters. The second-order valence-electron chi connectivity index (χ2n) is 5.82. The summed E-state index contributed by atoms with van der Waals surface area (Å²) in [4.78, 5) is 4.73. The Bertz CT molecular complexity index is 515. The van der Waals surface area contributed by atoms with E-state index in [1.165, 1.54) is 29.0 Å². The maximum absolute atomic E-state index is 4.73. The van der Waals surface area contributed by atoms with Gasteiger partial charge < -0.3 is 5.32 Å². The standard InChI is InChI=1S/C16H22N2S/c1-11-6-5-7-13(11)10-17-12(2)16-18-14-8-3-4-9-15(14)19-16/h3-4,8-9,11-13,17H,5-7,10H2,1-2H3. The Morgan fingerprint density at radius 2 is 2.21 bits per heavy atom. The van der Waals surface area contributed by atoms with Crippen LogP contribution in [0.25, 0.3) is 10.2 Å². The zero-order valence-electron chi connectivity index (χ0n) is 11.7. The van der Waals surface area contributed by atoms with Crippen molar-refractivity contribution in [1.29, 1.82) is 0 Å². The van der Waals surface area contributed by atoms with Gasteiger partial charge in [-0.25, -0.2) is 4.98 Å². The third kappa shape index (κ3) is 2.82. The summed E-state index contributed by atoms with van der Waals surface area (Å²) < 4.78 is 1.29. The van der Waals surface area contributed by atoms with Crippen LogP contribution in [0.1, 0.15) is 44.2 Å². The average molecular weight is 274 g/mol. The van der Waals surface area contributed by atoms with Gasteiger partial charge in [-0.2, -0.15) is 0 Å². The number of para-hydroxylation sites is 1. The molecule has 0 spiro atoms. The van der Waals surface area contributed by atoms with Crippen LogP contribution in [0.5, 0.6) is 0 Å². The highest BCUT2D eigenvalue weighted by atomic mass is 32.1. The minimum absolute atomic E-state index is 0.366. The molecule has 0 radical (unpaired) electrons. The Labute approximate surface area is 119 Å². The van der Waals surface area contributed by atoms with Crippen LogP contribution in [0.15, 0.2) is 24.3 Å². The minimum atomic E-state index is 0.366. The summed E-state index contributed by atoms with van der Waals surface area (Å²) in [5.74, 6) is 1.74. The highest BCUT2D eigenvalue weighted by Crippen LogP contribution is 2.31. The van der Waals surface area contributed by atoms with E-state index >= 15 is 0 Å². The molecule has 0 bridgehead atoms. The Hall–Kier alpha value is -0.930. The normalized spacial score (nSPS) is 24.9. The van der Waals surface area contributed by atoms with Gasteiger partial charge in [0, 0.05) is 0 Å². The highest BCUT2D eigenvalue weighted by Gasteiger charge is 2.23. The summed E-state index contributed by atoms with van der Waals surface area (Å²) >= 11 is 1.82. The van der Waals surface area contributed by atoms with E-state index in [4.69, 9.17) is 4.98 Å². The lowest BCUT2D eigenvalue weighted by atomic mass is 9.98. The summed E-state index contributed by atoms with van der Waals surface area (Å²) in [5.41, 5.74) is 1.13. The zero-order chi connectivity index (χ0) is 13.2. The van der Waals surface area contributed by atoms with Crippen molar-refractivity contribution in [3.63, 3.8) is 0 Å². The second kappa shape index (κ2) is 5.59. The van der Waals surface area contributed by atoms with E-state index in [9.17, 15) is 0 Å². The van der Waals surface area contributed by atoms with E-state index in [1.54, 1.807) is 0 Å². The number of hydrogen-bond donors (Lipinski definition) is 1. The molecule has 19 heavy (non-hydrogen) atoms. The maximum atomic E-state index is 4.73. The van der Waals surface area contributed by atoms with Crippen molar-refractivity contribution in [2.75, 3.05) is 6.54 Å². The van der Waals surface area contributed by atoms with Gasteiger partial charge in [0.25, 0.3) is 0 Å². The lowest BCUT2D eigenvalue weighted by molar-refractivity contribution is 0.375. The summed E-state index contributed by atoms with van der Waals surface area (Å²) in [5, 5.41) is 4.89. The fourth-order valence-corrected chi connectivity index (χ4v) is 4.01. The van der Waals surface area contributed by atoms with Crippen LogP contribution in [-0.2, 0) is 0 Å². The molecular weight excluding hydrogens is 252 g/mol. The van der Waals surface area contributed by atoms with E-state index in [0.29, 0.717) is 6.04 Å². The van der Waals surface area contributed by atoms with Crippen molar-refractivity contribution in [3.05, 3.63) is 29.3 Å². The fraction of sp³-hybridized carbons (Fsp3) is 0.562. The minimum Gasteiger partial charge on any atom is -0.308 e. The fourth-order valence-electron chi connectivity index (χ4n) is 3.02. The van der Waals surface area contributed by atoms with E-state index in [1.807, 2.05) is 11.3 Å². The summed E-state index contributed by atoms with van der Waals surface area (Å²) in [7, 11) is 0. The summed E-state index contributed by atoms with van der Waals surface area (Å²) in [6.07, 6.45) is 4.20. The van der Waals surface area contributed by atoms with Crippen molar-refractivity contribution in [2.45, 2.75) is 39.2 Å². The Kier molecular flexibility index (Phi) is 3.85. The first-order chi connectivity index (χ1) is 9.24. The molecule has 1 fully saturated rings. The lowest BCUT2D eigenvalue weighted by Crippen LogP contribution is -2.26. The second-order valence-corrected chi connectivity index (χ2v) is 6.88. The van der Waals surface area contributed by atoms with Gasteiger partial charge in [-0.15, -0.1) is 11.3 Å². The van der Waals surface area contributed by atoms with E-state index in [-0.39, 0.29) is 0 Å². The molecule has 3 atom stereocenters. The van der Waals surface area contributed by atoms with Crippen LogP contribution in [0.3, 0.4) is 0 Å². The third-order valence-electron chi connectivity index (χ3n) is 4.41. The first-order valence-corrected chi connectivity index (χ1v) is 8.14. The van der Waals surface area contributed by atoms with Crippen LogP contribution < -0.4 is 5.32 Å². The van der Waals surface area contributed by atoms with Gasteiger partial charge in [0.15, 0.2) is 0 Å². The van der Waals surface area contributed by atoms with Gasteiger partial charge in [0.1, 0.15) is 5.01 Å². The molecular formula is C16H22N2S. The zero-order valence-corrected chi connectivity index (χ0v) is 12.5. The molecule has 102 valence electrons. The average Bonchev–Trinajstić information content (AvgIpc) is 3.01. The molecule has 3 heteroatoms. The molecule has 1 saturated carbocycles. The number of aromatic nitrogens is 1. The van der Waals surface area contributed by atoms with Crippen LogP contribution in [0.2, 0.25) is 0 Å². The van der Waals surface area contributed by atoms with Gasteiger partial charge in [0.2, 0.25) is 0 Å². The SMILES string of the molecule is CC(NCC1CCCC1C)c1nc2ccccc2s1. The first-order valence-electron chi connectivity index (χ1n) is 7.33. The molecule has 0 saturated heterocycles. The Morgan fingerprint density at radius 1 is 1.37 bits per heavy atom. The van der Waals surface area contributed by atoms with E-state index in [2.05, 4.69) is 43.4 Å². The Balaban J connectivity index is 1.64. The molecule has 2 nitrogen and oxygen atoms in total. The topological polar surface area (TPSA) is 24.9 Å². The number of fused-ring (bicyclic) bond motifs is 1. The van der Waals surface area contributed by atoms with Crippen molar-refractivity contribution >= 4 is 21.6 Å². The van der Waals surface area contributed by atoms with Gasteiger partial charge in [-0.05, 0) is 43.9 Å². The summed E-state index contributed by atoms with van der Waals surface area (Å²) in [6.45, 7) is 5.76. The molecule has 3 rings (SSSR count). The smallest absolute Gasteiger partial charge is 0.111 e. The molecule has 1 aliphatic rings. The number of thiazole rings is 1. The number of benzene rings is 1. The number of nitrogens with one attached hydrogen (secondary N) is 1. The van der Waals surface area contributed by atoms with Crippen LogP contribution >= 0.6 is 11.3 Å². The lowest BCUT2D eigenvalue weighted by Gasteiger charge is -2.18. The van der Waals surface area contributed by atoms with Crippen molar-refractivity contribution in [2.24, 2.45) is 11.8 Å². The number of hydrogen-bond acceptors (Lipinski definition) is 3. The molecule has 1 aromatic heterocycles. The molecule has 1 aliphatic carbocycles. The van der Waals surface area contributed by atoms with Gasteiger partial charge in [0.05, 0.1) is 16.3 Å². The monoisotopic (exact) mass is 274 g/mol. The quantitative estimate of drug-likeness (QED) is 0.894. The molecule has 1 aromatic carbocycles. The Morgan fingerprint density at radius 3 is 2.95 bits per heavy atom. The number of nitrogens with zero attached hydrogens (tertiary/aromatic N) is 1. The van der Waals surface area contributed by atoms with E-state index < -0.39 is 0 Å². The molecule has 1 N–H and O–H groups in total. The molecule has 1 heterocycles. The van der Waals surface area contributed by atoms with Crippen LogP contribution in [-0.4, -0.2) is 11.5 Å². The predicted molar refractivity (Wildman–Crippen MR) is 82.5 cm³/mol.